The maximum Gasteiger partial charge on any atom is 0.328 e. The first-order valence-corrected chi connectivity index (χ1v) is 11.3. The van der Waals surface area contributed by atoms with Crippen molar-refractivity contribution in [2.24, 2.45) is 0 Å². The van der Waals surface area contributed by atoms with Crippen molar-refractivity contribution in [3.8, 4) is 17.2 Å². The second-order valence-electron chi connectivity index (χ2n) is 7.67. The molecule has 0 saturated carbocycles. The zero-order chi connectivity index (χ0) is 25.8. The fourth-order valence-corrected chi connectivity index (χ4v) is 2.96. The van der Waals surface area contributed by atoms with Gasteiger partial charge in [0.1, 0.15) is 17.9 Å². The summed E-state index contributed by atoms with van der Waals surface area (Å²) in [7, 11) is 1.36. The van der Waals surface area contributed by atoms with Gasteiger partial charge in [-0.1, -0.05) is 25.1 Å². The van der Waals surface area contributed by atoms with Crippen LogP contribution in [0.2, 0.25) is 0 Å². The Kier molecular flexibility index (Phi) is 11.0. The lowest BCUT2D eigenvalue weighted by Gasteiger charge is -2.26. The Bertz CT molecular complexity index is 983. The molecule has 1 aromatic heterocycles. The third kappa shape index (κ3) is 8.56. The zero-order valence-electron chi connectivity index (χ0n) is 20.6. The number of aromatic nitrogens is 1. The summed E-state index contributed by atoms with van der Waals surface area (Å²) >= 11 is 0. The number of amides is 1. The number of carbonyl (C=O) groups excluding carboxylic acids is 3. The number of rotatable bonds is 13. The molecule has 2 aromatic rings. The molecule has 190 valence electrons. The first-order valence-electron chi connectivity index (χ1n) is 11.3. The highest BCUT2D eigenvalue weighted by Gasteiger charge is 2.28. The molecule has 0 bridgehead atoms. The first-order chi connectivity index (χ1) is 16.8. The lowest BCUT2D eigenvalue weighted by Crippen LogP contribution is -2.44. The van der Waals surface area contributed by atoms with E-state index in [1.807, 2.05) is 25.1 Å². The van der Waals surface area contributed by atoms with E-state index in [-0.39, 0.29) is 23.8 Å². The molecule has 0 saturated heterocycles. The van der Waals surface area contributed by atoms with E-state index in [4.69, 9.17) is 23.7 Å². The minimum atomic E-state index is -1.03. The molecule has 3 atom stereocenters. The van der Waals surface area contributed by atoms with Gasteiger partial charge >= 0.3 is 11.9 Å². The van der Waals surface area contributed by atoms with Gasteiger partial charge in [-0.2, -0.15) is 0 Å². The van der Waals surface area contributed by atoms with Crippen molar-refractivity contribution in [2.75, 3.05) is 20.3 Å². The third-order valence-electron chi connectivity index (χ3n) is 4.74. The molecule has 1 N–H and O–H groups in total. The number of nitrogens with zero attached hydrogens (tertiary/aromatic N) is 1. The Hall–Kier alpha value is -3.66. The molecule has 10 nitrogen and oxygen atoms in total. The van der Waals surface area contributed by atoms with Crippen molar-refractivity contribution in [2.45, 2.75) is 52.4 Å². The fraction of sp³-hybridized carbons (Fsp3) is 0.440. The lowest BCUT2D eigenvalue weighted by molar-refractivity contribution is -0.156. The Morgan fingerprint density at radius 3 is 2.43 bits per heavy atom. The smallest absolute Gasteiger partial charge is 0.328 e. The van der Waals surface area contributed by atoms with Crippen LogP contribution in [0.5, 0.6) is 17.2 Å². The van der Waals surface area contributed by atoms with Crippen LogP contribution in [0.25, 0.3) is 0 Å². The van der Waals surface area contributed by atoms with E-state index < -0.39 is 36.1 Å². The second-order valence-corrected chi connectivity index (χ2v) is 7.67. The minimum absolute atomic E-state index is 0.140. The van der Waals surface area contributed by atoms with Crippen molar-refractivity contribution in [3.63, 3.8) is 0 Å². The topological polar surface area (TPSA) is 122 Å². The molecular weight excluding hydrogens is 456 g/mol. The van der Waals surface area contributed by atoms with Crippen LogP contribution in [0.15, 0.2) is 42.6 Å². The van der Waals surface area contributed by atoms with Crippen LogP contribution < -0.4 is 19.5 Å². The summed E-state index contributed by atoms with van der Waals surface area (Å²) in [6.07, 6.45) is 0.924. The van der Waals surface area contributed by atoms with Gasteiger partial charge in [-0.15, -0.1) is 0 Å². The van der Waals surface area contributed by atoms with Crippen molar-refractivity contribution >= 4 is 17.8 Å². The molecule has 1 aromatic carbocycles. The van der Waals surface area contributed by atoms with E-state index in [0.717, 1.165) is 6.42 Å². The van der Waals surface area contributed by atoms with Gasteiger partial charge in [-0.3, -0.25) is 9.59 Å². The third-order valence-corrected chi connectivity index (χ3v) is 4.74. The van der Waals surface area contributed by atoms with Crippen molar-refractivity contribution in [3.05, 3.63) is 48.3 Å². The Morgan fingerprint density at radius 1 is 1.09 bits per heavy atom. The predicted octanol–water partition coefficient (Wildman–Crippen LogP) is 2.94. The number of para-hydroxylation sites is 1. The molecule has 0 spiro atoms. The number of methoxy groups -OCH3 is 1. The van der Waals surface area contributed by atoms with Gasteiger partial charge in [-0.25, -0.2) is 9.78 Å². The molecule has 10 heteroatoms. The van der Waals surface area contributed by atoms with E-state index in [1.165, 1.54) is 33.2 Å². The highest BCUT2D eigenvalue weighted by molar-refractivity contribution is 5.98. The number of esters is 2. The molecule has 0 aliphatic rings. The molecule has 0 radical (unpaired) electrons. The summed E-state index contributed by atoms with van der Waals surface area (Å²) in [5.74, 6) is -1.44. The molecule has 1 heterocycles. The molecule has 0 aliphatic carbocycles. The minimum Gasteiger partial charge on any atom is -0.493 e. The zero-order valence-corrected chi connectivity index (χ0v) is 20.6. The Labute approximate surface area is 204 Å². The number of hydrogen-bond acceptors (Lipinski definition) is 9. The summed E-state index contributed by atoms with van der Waals surface area (Å²) in [6.45, 7) is 7.10. The van der Waals surface area contributed by atoms with E-state index in [1.54, 1.807) is 19.1 Å². The Morgan fingerprint density at radius 2 is 1.80 bits per heavy atom. The maximum atomic E-state index is 12.8. The Balaban J connectivity index is 2.06. The number of nitrogens with one attached hydrogen (secondary N) is 1. The van der Waals surface area contributed by atoms with Crippen LogP contribution in [0.4, 0.5) is 0 Å². The van der Waals surface area contributed by atoms with Crippen molar-refractivity contribution in [1.29, 1.82) is 0 Å². The molecule has 0 unspecified atom stereocenters. The molecular formula is C25H32N2O8. The summed E-state index contributed by atoms with van der Waals surface area (Å²) in [5, 5.41) is 2.51. The average molecular weight is 489 g/mol. The van der Waals surface area contributed by atoms with Crippen LogP contribution in [-0.2, 0) is 19.1 Å². The van der Waals surface area contributed by atoms with Gasteiger partial charge < -0.3 is 29.0 Å². The van der Waals surface area contributed by atoms with Gasteiger partial charge in [0.15, 0.2) is 17.5 Å². The number of carbonyl (C=O) groups is 3. The van der Waals surface area contributed by atoms with Crippen LogP contribution in [-0.4, -0.2) is 61.4 Å². The standard InChI is InChI=1S/C25H32N2O8/c1-6-14-32-15-21(35-19-10-8-7-9-11-19)17(3)33-25(30)16(2)27-24(29)22-23(34-18(4)28)20(31-5)12-13-26-22/h7-13,16-17,21H,6,14-15H2,1-5H3,(H,27,29)/t16-,17-,21+/m0/s1. The lowest BCUT2D eigenvalue weighted by atomic mass is 10.2. The normalized spacial score (nSPS) is 13.2. The largest absolute Gasteiger partial charge is 0.493 e. The summed E-state index contributed by atoms with van der Waals surface area (Å²) in [4.78, 5) is 41.0. The maximum absolute atomic E-state index is 12.8. The van der Waals surface area contributed by atoms with Crippen LogP contribution in [0, 0.1) is 0 Å². The molecule has 0 fully saturated rings. The highest BCUT2D eigenvalue weighted by atomic mass is 16.6. The van der Waals surface area contributed by atoms with Gasteiger partial charge in [0, 0.05) is 25.8 Å². The average Bonchev–Trinajstić information content (AvgIpc) is 2.83. The number of hydrogen-bond donors (Lipinski definition) is 1. The van der Waals surface area contributed by atoms with Crippen molar-refractivity contribution < 1.29 is 38.1 Å². The number of benzene rings is 1. The van der Waals surface area contributed by atoms with E-state index in [2.05, 4.69) is 10.3 Å². The summed E-state index contributed by atoms with van der Waals surface area (Å²) < 4.78 is 27.4. The SMILES string of the molecule is CCCOC[C@@H](Oc1ccccc1)[C@H](C)OC(=O)[C@H](C)NC(=O)c1nccc(OC)c1OC(C)=O. The summed E-state index contributed by atoms with van der Waals surface area (Å²) in [5.41, 5.74) is -0.203. The van der Waals surface area contributed by atoms with E-state index in [9.17, 15) is 14.4 Å². The molecule has 0 aliphatic heterocycles. The monoisotopic (exact) mass is 488 g/mol. The molecule has 1 amide bonds. The number of pyridine rings is 1. The highest BCUT2D eigenvalue weighted by Crippen LogP contribution is 2.29. The fourth-order valence-electron chi connectivity index (χ4n) is 2.96. The predicted molar refractivity (Wildman–Crippen MR) is 127 cm³/mol. The van der Waals surface area contributed by atoms with Crippen LogP contribution >= 0.6 is 0 Å². The quantitative estimate of drug-likeness (QED) is 0.335. The number of ether oxygens (including phenoxy) is 5. The summed E-state index contributed by atoms with van der Waals surface area (Å²) in [6, 6.07) is 9.55. The molecule has 2 rings (SSSR count). The van der Waals surface area contributed by atoms with Crippen LogP contribution in [0.3, 0.4) is 0 Å². The van der Waals surface area contributed by atoms with Gasteiger partial charge in [0.25, 0.3) is 5.91 Å². The van der Waals surface area contributed by atoms with E-state index >= 15 is 0 Å². The molecule has 35 heavy (non-hydrogen) atoms. The first kappa shape index (κ1) is 27.6. The van der Waals surface area contributed by atoms with Crippen molar-refractivity contribution in [1.82, 2.24) is 10.3 Å². The van der Waals surface area contributed by atoms with Gasteiger partial charge in [0.05, 0.1) is 13.7 Å². The van der Waals surface area contributed by atoms with Crippen LogP contribution in [0.1, 0.15) is 44.6 Å². The van der Waals surface area contributed by atoms with Gasteiger partial charge in [-0.05, 0) is 32.4 Å². The van der Waals surface area contributed by atoms with E-state index in [0.29, 0.717) is 12.4 Å². The second kappa shape index (κ2) is 13.9. The van der Waals surface area contributed by atoms with Gasteiger partial charge in [0.2, 0.25) is 5.75 Å².